The molecule has 0 bridgehead atoms. The van der Waals surface area contributed by atoms with Gasteiger partial charge in [0.2, 0.25) is 0 Å². The molecule has 0 radical (unpaired) electrons. The maximum Gasteiger partial charge on any atom is 0.261 e. The number of hydrogen-bond acceptors (Lipinski definition) is 4. The van der Waals surface area contributed by atoms with Gasteiger partial charge in [-0.1, -0.05) is 67.6 Å². The Labute approximate surface area is 184 Å². The van der Waals surface area contributed by atoms with Crippen molar-refractivity contribution in [2.45, 2.75) is 32.5 Å². The van der Waals surface area contributed by atoms with Crippen molar-refractivity contribution in [1.29, 1.82) is 0 Å². The number of carbonyl (C=O) groups excluding carboxylic acids is 1. The number of carbonyl (C=O) groups is 1. The molecule has 0 aliphatic carbocycles. The van der Waals surface area contributed by atoms with E-state index in [1.165, 1.54) is 5.56 Å². The minimum atomic E-state index is -0.526. The molecule has 1 fully saturated rings. The number of benzene rings is 3. The zero-order valence-electron chi connectivity index (χ0n) is 18.0. The highest BCUT2D eigenvalue weighted by Gasteiger charge is 2.19. The molecular formula is C26H30N2O3. The monoisotopic (exact) mass is 418 g/mol. The van der Waals surface area contributed by atoms with Gasteiger partial charge < -0.3 is 14.8 Å². The Morgan fingerprint density at radius 3 is 2.61 bits per heavy atom. The van der Waals surface area contributed by atoms with Gasteiger partial charge in [-0.3, -0.25) is 9.69 Å². The summed E-state index contributed by atoms with van der Waals surface area (Å²) in [5.74, 6) is 0.654. The number of nitrogens with zero attached hydrogens (tertiary/aromatic N) is 1. The van der Waals surface area contributed by atoms with Gasteiger partial charge in [-0.15, -0.1) is 0 Å². The normalized spacial score (nSPS) is 15.5. The van der Waals surface area contributed by atoms with Crippen molar-refractivity contribution in [3.8, 4) is 5.75 Å². The van der Waals surface area contributed by atoms with Crippen molar-refractivity contribution in [2.24, 2.45) is 0 Å². The van der Waals surface area contributed by atoms with Crippen molar-refractivity contribution >= 4 is 16.7 Å². The third-order valence-electron chi connectivity index (χ3n) is 5.65. The van der Waals surface area contributed by atoms with E-state index in [-0.39, 0.29) is 5.91 Å². The van der Waals surface area contributed by atoms with E-state index in [1.54, 1.807) is 0 Å². The average molecular weight is 419 g/mol. The lowest BCUT2D eigenvalue weighted by Gasteiger charge is -2.26. The summed E-state index contributed by atoms with van der Waals surface area (Å²) in [6.45, 7) is 6.89. The molecule has 4 rings (SSSR count). The van der Waals surface area contributed by atoms with Crippen LogP contribution >= 0.6 is 0 Å². The minimum absolute atomic E-state index is 0.0889. The number of nitrogens with one attached hydrogen (secondary N) is 1. The fourth-order valence-electron chi connectivity index (χ4n) is 3.93. The second kappa shape index (κ2) is 10.4. The molecule has 1 aliphatic rings. The van der Waals surface area contributed by atoms with Gasteiger partial charge >= 0.3 is 0 Å². The summed E-state index contributed by atoms with van der Waals surface area (Å²) >= 11 is 0. The Kier molecular flexibility index (Phi) is 7.18. The van der Waals surface area contributed by atoms with Crippen LogP contribution in [0.25, 0.3) is 10.8 Å². The lowest BCUT2D eigenvalue weighted by atomic mass is 10.1. The topological polar surface area (TPSA) is 50.8 Å². The molecule has 3 aromatic carbocycles. The van der Waals surface area contributed by atoms with Gasteiger partial charge in [0, 0.05) is 31.6 Å². The number of fused-ring (bicyclic) bond motifs is 1. The largest absolute Gasteiger partial charge is 0.480 e. The zero-order chi connectivity index (χ0) is 21.5. The third-order valence-corrected chi connectivity index (χ3v) is 5.65. The lowest BCUT2D eigenvalue weighted by molar-refractivity contribution is -0.128. The summed E-state index contributed by atoms with van der Waals surface area (Å²) < 4.78 is 11.5. The Morgan fingerprint density at radius 1 is 1.03 bits per heavy atom. The molecule has 31 heavy (non-hydrogen) atoms. The Morgan fingerprint density at radius 2 is 1.77 bits per heavy atom. The van der Waals surface area contributed by atoms with E-state index in [0.29, 0.717) is 13.0 Å². The van der Waals surface area contributed by atoms with Crippen LogP contribution in [0.3, 0.4) is 0 Å². The van der Waals surface area contributed by atoms with E-state index in [1.807, 2.05) is 49.4 Å². The van der Waals surface area contributed by atoms with E-state index in [9.17, 15) is 4.79 Å². The second-order valence-corrected chi connectivity index (χ2v) is 7.92. The van der Waals surface area contributed by atoms with Crippen molar-refractivity contribution in [2.75, 3.05) is 26.3 Å². The summed E-state index contributed by atoms with van der Waals surface area (Å²) in [5, 5.41) is 5.18. The zero-order valence-corrected chi connectivity index (χ0v) is 18.0. The summed E-state index contributed by atoms with van der Waals surface area (Å²) in [4.78, 5) is 15.2. The maximum absolute atomic E-state index is 12.8. The first-order chi connectivity index (χ1) is 15.2. The maximum atomic E-state index is 12.8. The van der Waals surface area contributed by atoms with E-state index in [2.05, 4.69) is 34.5 Å². The van der Waals surface area contributed by atoms with Crippen LogP contribution in [-0.2, 0) is 22.6 Å². The van der Waals surface area contributed by atoms with Gasteiger partial charge in [-0.25, -0.2) is 0 Å². The first-order valence-corrected chi connectivity index (χ1v) is 11.0. The molecular weight excluding hydrogens is 388 g/mol. The highest BCUT2D eigenvalue weighted by Crippen LogP contribution is 2.26. The van der Waals surface area contributed by atoms with Crippen LogP contribution in [0.4, 0.5) is 0 Å². The molecule has 162 valence electrons. The quantitative estimate of drug-likeness (QED) is 0.597. The second-order valence-electron chi connectivity index (χ2n) is 7.92. The first-order valence-electron chi connectivity index (χ1n) is 11.0. The van der Waals surface area contributed by atoms with Crippen LogP contribution in [0.2, 0.25) is 0 Å². The van der Waals surface area contributed by atoms with E-state index in [0.717, 1.165) is 54.9 Å². The molecule has 0 spiro atoms. The molecule has 1 unspecified atom stereocenters. The molecule has 1 atom stereocenters. The smallest absolute Gasteiger partial charge is 0.261 e. The van der Waals surface area contributed by atoms with Crippen molar-refractivity contribution in [1.82, 2.24) is 10.2 Å². The Bertz CT molecular complexity index is 1010. The molecule has 5 heteroatoms. The molecule has 1 saturated heterocycles. The SMILES string of the molecule is CCC(Oc1cccc2ccccc12)C(=O)NCc1cccc(CN2CCOCC2)c1. The number of rotatable bonds is 8. The van der Waals surface area contributed by atoms with Gasteiger partial charge in [0.05, 0.1) is 13.2 Å². The molecule has 1 heterocycles. The molecule has 5 nitrogen and oxygen atoms in total. The van der Waals surface area contributed by atoms with Crippen LogP contribution in [-0.4, -0.2) is 43.2 Å². The standard InChI is InChI=1S/C26H30N2O3/c1-2-24(31-25-12-6-10-22-9-3-4-11-23(22)25)26(29)27-18-20-7-5-8-21(17-20)19-28-13-15-30-16-14-28/h3-12,17,24H,2,13-16,18-19H2,1H3,(H,27,29). The van der Waals surface area contributed by atoms with Crippen LogP contribution < -0.4 is 10.1 Å². The first kappa shape index (κ1) is 21.3. The summed E-state index contributed by atoms with van der Waals surface area (Å²) in [5.41, 5.74) is 2.35. The predicted octanol–water partition coefficient (Wildman–Crippen LogP) is 4.15. The van der Waals surface area contributed by atoms with Crippen LogP contribution in [0.15, 0.2) is 66.7 Å². The summed E-state index contributed by atoms with van der Waals surface area (Å²) in [6.07, 6.45) is 0.0777. The number of morpholine rings is 1. The predicted molar refractivity (Wildman–Crippen MR) is 123 cm³/mol. The molecule has 0 aromatic heterocycles. The highest BCUT2D eigenvalue weighted by molar-refractivity contribution is 5.89. The van der Waals surface area contributed by atoms with Crippen molar-refractivity contribution < 1.29 is 14.3 Å². The van der Waals surface area contributed by atoms with Gasteiger partial charge in [0.1, 0.15) is 5.75 Å². The summed E-state index contributed by atoms with van der Waals surface area (Å²) in [7, 11) is 0. The van der Waals surface area contributed by atoms with Crippen LogP contribution in [0, 0.1) is 0 Å². The van der Waals surface area contributed by atoms with Crippen molar-refractivity contribution in [3.05, 3.63) is 77.9 Å². The molecule has 1 amide bonds. The van der Waals surface area contributed by atoms with Crippen LogP contribution in [0.5, 0.6) is 5.75 Å². The highest BCUT2D eigenvalue weighted by atomic mass is 16.5. The van der Waals surface area contributed by atoms with Gasteiger partial charge in [-0.2, -0.15) is 0 Å². The number of amides is 1. The lowest BCUT2D eigenvalue weighted by Crippen LogP contribution is -2.37. The fraction of sp³-hybridized carbons (Fsp3) is 0.346. The Hall–Kier alpha value is -2.89. The Balaban J connectivity index is 1.36. The van der Waals surface area contributed by atoms with E-state index < -0.39 is 6.10 Å². The van der Waals surface area contributed by atoms with Gasteiger partial charge in [-0.05, 0) is 29.0 Å². The molecule has 0 saturated carbocycles. The van der Waals surface area contributed by atoms with E-state index >= 15 is 0 Å². The fourth-order valence-corrected chi connectivity index (χ4v) is 3.93. The van der Waals surface area contributed by atoms with Gasteiger partial charge in [0.25, 0.3) is 5.91 Å². The number of ether oxygens (including phenoxy) is 2. The minimum Gasteiger partial charge on any atom is -0.480 e. The van der Waals surface area contributed by atoms with Crippen LogP contribution in [0.1, 0.15) is 24.5 Å². The molecule has 1 aliphatic heterocycles. The third kappa shape index (κ3) is 5.63. The molecule has 3 aromatic rings. The molecule has 1 N–H and O–H groups in total. The number of hydrogen-bond donors (Lipinski definition) is 1. The van der Waals surface area contributed by atoms with Crippen molar-refractivity contribution in [3.63, 3.8) is 0 Å². The summed E-state index contributed by atoms with van der Waals surface area (Å²) in [6, 6.07) is 22.4. The van der Waals surface area contributed by atoms with E-state index in [4.69, 9.17) is 9.47 Å². The average Bonchev–Trinajstić information content (AvgIpc) is 2.82. The van der Waals surface area contributed by atoms with Gasteiger partial charge in [0.15, 0.2) is 6.10 Å².